The van der Waals surface area contributed by atoms with Gasteiger partial charge in [-0.1, -0.05) is 46.3 Å². The molecule has 0 aromatic carbocycles. The van der Waals surface area contributed by atoms with Gasteiger partial charge >= 0.3 is 17.9 Å². The highest BCUT2D eigenvalue weighted by Gasteiger charge is 2.73. The highest BCUT2D eigenvalue weighted by atomic mass is 16.8. The Balaban J connectivity index is 0.838. The van der Waals surface area contributed by atoms with Crippen molar-refractivity contribution in [2.24, 2.45) is 50.2 Å². The standard InChI is InChI=1S/C63H98O33/c1-23-41(90-49-36(73)32(69)27(67)19-85-49)43(92-54-46(78)63(84,21-65)22-87-54)40(77)51(88-23)94-45-33(70)28(68)20-86-53(45)96-56(83)62-14-12-57(2,3)16-25(62)24-8-9-30-58(4)17-26(66)47(61(7,55(81)82)31(58)10-11-60(30,6)59(24,5)13-15-62)95-52-39(76)42(38(75)44(93-52)48(79)80)91-50-37(74)35(72)34(71)29(18-64)89-50/h8,23,25-47,49-54,64-78,84H,9-22H2,1-7H3,(H,79,80)(H,81,82). The number of aliphatic hydroxyl groups is 16. The molecule has 4 saturated carbocycles. The lowest BCUT2D eigenvalue weighted by molar-refractivity contribution is -0.381. The first-order chi connectivity index (χ1) is 44.9. The number of carbonyl (C=O) groups is 3. The molecule has 33 nitrogen and oxygen atoms in total. The van der Waals surface area contributed by atoms with Crippen molar-refractivity contribution in [2.75, 3.05) is 33.0 Å². The number of fused-ring (bicyclic) bond motifs is 7. The minimum Gasteiger partial charge on any atom is -0.481 e. The Hall–Kier alpha value is -2.93. The second-order valence-electron chi connectivity index (χ2n) is 30.6. The molecule has 0 radical (unpaired) electrons. The zero-order chi connectivity index (χ0) is 70.2. The lowest BCUT2D eigenvalue weighted by atomic mass is 9.33. The van der Waals surface area contributed by atoms with Crippen LogP contribution in [0, 0.1) is 50.2 Å². The molecule has 11 rings (SSSR count). The lowest BCUT2D eigenvalue weighted by Crippen LogP contribution is -2.70. The molecule has 11 aliphatic rings. The second-order valence-corrected chi connectivity index (χ2v) is 30.6. The number of hydrogen-bond donors (Lipinski definition) is 18. The van der Waals surface area contributed by atoms with E-state index >= 15 is 4.79 Å². The zero-order valence-corrected chi connectivity index (χ0v) is 54.5. The topological polar surface area (TPSA) is 526 Å². The summed E-state index contributed by atoms with van der Waals surface area (Å²) < 4.78 is 70.9. The van der Waals surface area contributed by atoms with E-state index in [4.69, 9.17) is 56.8 Å². The Morgan fingerprint density at radius 3 is 1.80 bits per heavy atom. The van der Waals surface area contributed by atoms with E-state index in [1.807, 2.05) is 6.92 Å². The van der Waals surface area contributed by atoms with E-state index in [1.54, 1.807) is 0 Å². The molecule has 548 valence electrons. The minimum atomic E-state index is -2.21. The Bertz CT molecular complexity index is 2830. The maximum absolute atomic E-state index is 15.6. The average Bonchev–Trinajstić information content (AvgIpc) is 0.749. The van der Waals surface area contributed by atoms with Gasteiger partial charge in [-0.2, -0.15) is 0 Å². The lowest BCUT2D eigenvalue weighted by Gasteiger charge is -2.71. The molecular weight excluding hydrogens is 1280 g/mol. The van der Waals surface area contributed by atoms with Crippen LogP contribution in [0.4, 0.5) is 0 Å². The summed E-state index contributed by atoms with van der Waals surface area (Å²) in [7, 11) is 0. The molecule has 36 unspecified atom stereocenters. The molecule has 0 spiro atoms. The van der Waals surface area contributed by atoms with E-state index in [1.165, 1.54) is 13.8 Å². The van der Waals surface area contributed by atoms with E-state index in [0.717, 1.165) is 5.57 Å². The summed E-state index contributed by atoms with van der Waals surface area (Å²) in [6.07, 6.45) is -43.9. The molecule has 33 heteroatoms. The molecule has 96 heavy (non-hydrogen) atoms. The van der Waals surface area contributed by atoms with Crippen molar-refractivity contribution in [3.8, 4) is 0 Å². The van der Waals surface area contributed by atoms with E-state index in [2.05, 4.69) is 33.8 Å². The number of ether oxygens (including phenoxy) is 12. The number of hydrogen-bond acceptors (Lipinski definition) is 31. The summed E-state index contributed by atoms with van der Waals surface area (Å²) in [5.41, 5.74) is -7.03. The summed E-state index contributed by atoms with van der Waals surface area (Å²) >= 11 is 0. The summed E-state index contributed by atoms with van der Waals surface area (Å²) in [5, 5.41) is 197. The van der Waals surface area contributed by atoms with Crippen LogP contribution in [-0.2, 0) is 71.2 Å². The molecule has 0 amide bonds. The van der Waals surface area contributed by atoms with Crippen LogP contribution in [0.25, 0.3) is 0 Å². The number of carbonyl (C=O) groups excluding carboxylic acids is 1. The highest BCUT2D eigenvalue weighted by Crippen LogP contribution is 2.76. The number of carboxylic acids is 2. The normalized spacial score (nSPS) is 54.1. The van der Waals surface area contributed by atoms with Crippen molar-refractivity contribution >= 4 is 17.9 Å². The fraction of sp³-hybridized carbons (Fsp3) is 0.921. The van der Waals surface area contributed by atoms with Gasteiger partial charge in [-0.15, -0.1) is 0 Å². The van der Waals surface area contributed by atoms with Crippen molar-refractivity contribution < 1.29 is 163 Å². The van der Waals surface area contributed by atoms with Gasteiger partial charge in [0.25, 0.3) is 0 Å². The Kier molecular flexibility index (Phi) is 20.9. The molecule has 0 bridgehead atoms. The van der Waals surface area contributed by atoms with Gasteiger partial charge in [0, 0.05) is 0 Å². The first-order valence-electron chi connectivity index (χ1n) is 33.1. The van der Waals surface area contributed by atoms with Gasteiger partial charge in [-0.05, 0) is 111 Å². The van der Waals surface area contributed by atoms with Gasteiger partial charge < -0.3 is 149 Å². The number of esters is 1. The maximum Gasteiger partial charge on any atom is 0.335 e. The fourth-order valence-electron chi connectivity index (χ4n) is 18.6. The third-order valence-electron chi connectivity index (χ3n) is 24.6. The van der Waals surface area contributed by atoms with Crippen LogP contribution in [0.1, 0.15) is 106 Å². The van der Waals surface area contributed by atoms with E-state index in [0.29, 0.717) is 38.5 Å². The number of rotatable bonds is 16. The molecule has 36 atom stereocenters. The van der Waals surface area contributed by atoms with E-state index in [9.17, 15) is 102 Å². The number of carboxylic acid groups (broad SMARTS) is 2. The smallest absolute Gasteiger partial charge is 0.335 e. The largest absolute Gasteiger partial charge is 0.481 e. The average molecular weight is 1380 g/mol. The van der Waals surface area contributed by atoms with E-state index < -0.39 is 261 Å². The fourth-order valence-corrected chi connectivity index (χ4v) is 18.6. The molecule has 6 aliphatic heterocycles. The monoisotopic (exact) mass is 1380 g/mol. The van der Waals surface area contributed by atoms with Crippen molar-refractivity contribution in [1.29, 1.82) is 0 Å². The van der Waals surface area contributed by atoms with Crippen LogP contribution in [0.15, 0.2) is 11.6 Å². The van der Waals surface area contributed by atoms with Crippen LogP contribution in [0.5, 0.6) is 0 Å². The molecule has 10 fully saturated rings. The van der Waals surface area contributed by atoms with Gasteiger partial charge in [-0.25, -0.2) is 4.79 Å². The second kappa shape index (κ2) is 27.0. The SMILES string of the molecule is CC1OC(OC2C(OC(=O)C34CCC(C)(C)CC3C3=CCC5C6(C)CC(O)C(OC7OC(C(=O)O)C(O)C(OC8OC(CO)C(O)C(O)C8O)C7O)C(C)(C(=O)O)C6CCC5(C)C3(C)CC4)OCC(O)C2O)C(O)C(OC2OCC(O)(CO)C2O)C1OC1OCC(O)C(O)C1O. The predicted octanol–water partition coefficient (Wildman–Crippen LogP) is -5.31. The Labute approximate surface area is 552 Å². The third-order valence-corrected chi connectivity index (χ3v) is 24.6. The van der Waals surface area contributed by atoms with Crippen LogP contribution in [-0.4, -0.2) is 314 Å². The summed E-state index contributed by atoms with van der Waals surface area (Å²) in [6.45, 7) is 9.86. The van der Waals surface area contributed by atoms with Gasteiger partial charge in [0.05, 0.1) is 56.1 Å². The molecule has 6 heterocycles. The van der Waals surface area contributed by atoms with Gasteiger partial charge in [0.15, 0.2) is 43.7 Å². The molecule has 18 N–H and O–H groups in total. The van der Waals surface area contributed by atoms with Gasteiger partial charge in [0.1, 0.15) is 109 Å². The molecule has 5 aliphatic carbocycles. The first-order valence-corrected chi connectivity index (χ1v) is 33.1. The highest BCUT2D eigenvalue weighted by molar-refractivity contribution is 5.79. The zero-order valence-electron chi connectivity index (χ0n) is 54.5. The Morgan fingerprint density at radius 2 is 1.16 bits per heavy atom. The number of allylic oxidation sites excluding steroid dienone is 2. The minimum absolute atomic E-state index is 0.0611. The number of aliphatic hydroxyl groups excluding tert-OH is 15. The summed E-state index contributed by atoms with van der Waals surface area (Å²) in [5.74, 6) is -5.43. The van der Waals surface area contributed by atoms with Gasteiger partial charge in [-0.3, -0.25) is 9.59 Å². The molecular formula is C63H98O33. The van der Waals surface area contributed by atoms with E-state index in [-0.39, 0.29) is 30.6 Å². The van der Waals surface area contributed by atoms with Crippen LogP contribution >= 0.6 is 0 Å². The third kappa shape index (κ3) is 12.2. The predicted molar refractivity (Wildman–Crippen MR) is 313 cm³/mol. The summed E-state index contributed by atoms with van der Waals surface area (Å²) in [6, 6.07) is 0. The van der Waals surface area contributed by atoms with Crippen LogP contribution in [0.2, 0.25) is 0 Å². The van der Waals surface area contributed by atoms with Crippen LogP contribution in [0.3, 0.4) is 0 Å². The van der Waals surface area contributed by atoms with Crippen LogP contribution < -0.4 is 0 Å². The van der Waals surface area contributed by atoms with Crippen molar-refractivity contribution in [1.82, 2.24) is 0 Å². The first kappa shape index (κ1) is 74.3. The molecule has 0 aromatic heterocycles. The number of aliphatic carboxylic acids is 2. The molecule has 6 saturated heterocycles. The molecule has 0 aromatic rings. The maximum atomic E-state index is 15.6. The quantitative estimate of drug-likeness (QED) is 0.0390. The van der Waals surface area contributed by atoms with Crippen molar-refractivity contribution in [3.63, 3.8) is 0 Å². The Morgan fingerprint density at radius 1 is 0.562 bits per heavy atom. The summed E-state index contributed by atoms with van der Waals surface area (Å²) in [4.78, 5) is 42.3. The van der Waals surface area contributed by atoms with Crippen molar-refractivity contribution in [3.05, 3.63) is 11.6 Å². The van der Waals surface area contributed by atoms with Gasteiger partial charge in [0.2, 0.25) is 6.29 Å². The van der Waals surface area contributed by atoms with Crippen molar-refractivity contribution in [2.45, 2.75) is 278 Å².